The predicted octanol–water partition coefficient (Wildman–Crippen LogP) is 3.67. The van der Waals surface area contributed by atoms with Crippen LogP contribution < -0.4 is 4.74 Å². The molecule has 0 radical (unpaired) electrons. The fourth-order valence-electron chi connectivity index (χ4n) is 2.67. The van der Waals surface area contributed by atoms with Crippen molar-refractivity contribution < 1.29 is 9.53 Å². The van der Waals surface area contributed by atoms with Gasteiger partial charge in [0.1, 0.15) is 10.8 Å². The van der Waals surface area contributed by atoms with Gasteiger partial charge in [0.15, 0.2) is 5.84 Å². The summed E-state index contributed by atoms with van der Waals surface area (Å²) in [6.07, 6.45) is 1.65. The van der Waals surface area contributed by atoms with Crippen LogP contribution in [-0.4, -0.2) is 34.1 Å². The number of thioether (sulfide) groups is 1. The third kappa shape index (κ3) is 3.29. The summed E-state index contributed by atoms with van der Waals surface area (Å²) in [7, 11) is 1.60. The Hall–Kier alpha value is -3.19. The zero-order valence-corrected chi connectivity index (χ0v) is 15.6. The third-order valence-corrected chi connectivity index (χ3v) is 5.14. The van der Waals surface area contributed by atoms with Crippen molar-refractivity contribution in [2.75, 3.05) is 7.11 Å². The Morgan fingerprint density at radius 1 is 1.11 bits per heavy atom. The maximum absolute atomic E-state index is 12.5. The molecule has 27 heavy (non-hydrogen) atoms. The molecule has 1 N–H and O–H groups in total. The molecule has 4 rings (SSSR count). The molecule has 2 aromatic rings. The summed E-state index contributed by atoms with van der Waals surface area (Å²) < 4.78 is 5.14. The van der Waals surface area contributed by atoms with E-state index in [4.69, 9.17) is 10.1 Å². The first-order valence-corrected chi connectivity index (χ1v) is 9.08. The van der Waals surface area contributed by atoms with Crippen LogP contribution in [0.15, 0.2) is 64.2 Å². The molecule has 6 nitrogen and oxygen atoms in total. The third-order valence-electron chi connectivity index (χ3n) is 4.18. The molecule has 0 aromatic heterocycles. The van der Waals surface area contributed by atoms with Crippen molar-refractivity contribution in [3.05, 3.63) is 70.8 Å². The van der Waals surface area contributed by atoms with Crippen molar-refractivity contribution in [3.63, 3.8) is 0 Å². The van der Waals surface area contributed by atoms with E-state index in [1.165, 1.54) is 16.8 Å². The highest BCUT2D eigenvalue weighted by Crippen LogP contribution is 2.31. The topological polar surface area (TPSA) is 78.1 Å². The van der Waals surface area contributed by atoms with Gasteiger partial charge in [0.2, 0.25) is 5.17 Å². The lowest BCUT2D eigenvalue weighted by atomic mass is 10.1. The Balaban J connectivity index is 1.65. The van der Waals surface area contributed by atoms with Crippen LogP contribution in [0.4, 0.5) is 0 Å². The maximum atomic E-state index is 12.5. The average molecular weight is 376 g/mol. The zero-order chi connectivity index (χ0) is 19.0. The first-order valence-electron chi connectivity index (χ1n) is 8.26. The molecule has 0 bridgehead atoms. The lowest BCUT2D eigenvalue weighted by Gasteiger charge is -2.20. The molecule has 0 aliphatic carbocycles. The molecule has 0 atom stereocenters. The van der Waals surface area contributed by atoms with Crippen LogP contribution in [0.25, 0.3) is 6.08 Å². The fraction of sp³-hybridized carbons (Fsp3) is 0.100. The Morgan fingerprint density at radius 3 is 2.48 bits per heavy atom. The van der Waals surface area contributed by atoms with E-state index >= 15 is 0 Å². The Morgan fingerprint density at radius 2 is 1.81 bits per heavy atom. The van der Waals surface area contributed by atoms with Crippen LogP contribution in [0.2, 0.25) is 0 Å². The van der Waals surface area contributed by atoms with E-state index in [9.17, 15) is 4.79 Å². The average Bonchev–Trinajstić information content (AvgIpc) is 3.10. The Labute approximate surface area is 160 Å². The number of hydrogen-bond donors (Lipinski definition) is 1. The zero-order valence-electron chi connectivity index (χ0n) is 14.8. The van der Waals surface area contributed by atoms with E-state index in [1.54, 1.807) is 25.3 Å². The molecule has 134 valence electrons. The van der Waals surface area contributed by atoms with Gasteiger partial charge in [-0.1, -0.05) is 42.0 Å². The summed E-state index contributed by atoms with van der Waals surface area (Å²) in [5.41, 5.74) is 3.09. The molecule has 0 saturated carbocycles. The maximum Gasteiger partial charge on any atom is 0.283 e. The van der Waals surface area contributed by atoms with E-state index in [-0.39, 0.29) is 11.4 Å². The van der Waals surface area contributed by atoms with Gasteiger partial charge < -0.3 is 4.74 Å². The first-order chi connectivity index (χ1) is 13.0. The second-order valence-electron chi connectivity index (χ2n) is 6.06. The molecular weight excluding hydrogens is 360 g/mol. The van der Waals surface area contributed by atoms with Crippen molar-refractivity contribution >= 4 is 39.8 Å². The lowest BCUT2D eigenvalue weighted by molar-refractivity contribution is -0.114. The van der Waals surface area contributed by atoms with Crippen LogP contribution in [-0.2, 0) is 4.79 Å². The number of amides is 1. The largest absolute Gasteiger partial charge is 0.497 e. The second kappa shape index (κ2) is 6.85. The van der Waals surface area contributed by atoms with Crippen LogP contribution >= 0.6 is 11.8 Å². The van der Waals surface area contributed by atoms with Gasteiger partial charge in [-0.25, -0.2) is 0 Å². The van der Waals surface area contributed by atoms with Crippen LogP contribution in [0.3, 0.4) is 0 Å². The summed E-state index contributed by atoms with van der Waals surface area (Å²) >= 11 is 1.29. The molecule has 1 amide bonds. The monoisotopic (exact) mass is 376 g/mol. The minimum Gasteiger partial charge on any atom is -0.497 e. The van der Waals surface area contributed by atoms with E-state index in [1.807, 2.05) is 43.3 Å². The molecule has 2 heterocycles. The highest BCUT2D eigenvalue weighted by Gasteiger charge is 2.35. The number of aliphatic imine (C=N–C) groups is 1. The summed E-state index contributed by atoms with van der Waals surface area (Å²) in [4.78, 5) is 16.6. The van der Waals surface area contributed by atoms with E-state index in [0.29, 0.717) is 5.17 Å². The quantitative estimate of drug-likeness (QED) is 0.829. The van der Waals surface area contributed by atoms with Crippen molar-refractivity contribution in [2.24, 2.45) is 10.1 Å². The molecule has 7 heteroatoms. The molecule has 0 spiro atoms. The highest BCUT2D eigenvalue weighted by molar-refractivity contribution is 8.27. The van der Waals surface area contributed by atoms with Crippen LogP contribution in [0.5, 0.6) is 5.75 Å². The second-order valence-corrected chi connectivity index (χ2v) is 7.02. The molecular formula is C20H16N4O2S. The summed E-state index contributed by atoms with van der Waals surface area (Å²) in [6, 6.07) is 15.2. The summed E-state index contributed by atoms with van der Waals surface area (Å²) in [6.45, 7) is 2.02. The molecule has 2 aliphatic rings. The molecule has 0 unspecified atom stereocenters. The fourth-order valence-corrected chi connectivity index (χ4v) is 3.57. The highest BCUT2D eigenvalue weighted by atomic mass is 32.2. The van der Waals surface area contributed by atoms with E-state index < -0.39 is 5.91 Å². The van der Waals surface area contributed by atoms with Gasteiger partial charge in [0.05, 0.1) is 12.7 Å². The SMILES string of the molecule is COc1ccc(/C=C2\C(=N)N3N=C(c4ccc(C)cc4)SC3=NC2=O)cc1. The lowest BCUT2D eigenvalue weighted by Crippen LogP contribution is -2.35. The number of ether oxygens (including phenoxy) is 1. The van der Waals surface area contributed by atoms with Gasteiger partial charge in [0.25, 0.3) is 5.91 Å². The minimum atomic E-state index is -0.435. The van der Waals surface area contributed by atoms with Gasteiger partial charge in [-0.2, -0.15) is 15.1 Å². The Kier molecular flexibility index (Phi) is 4.37. The summed E-state index contributed by atoms with van der Waals surface area (Å²) in [5.74, 6) is 0.316. The van der Waals surface area contributed by atoms with E-state index in [2.05, 4.69) is 10.1 Å². The number of amidine groups is 2. The number of carbonyl (C=O) groups excluding carboxylic acids is 1. The minimum absolute atomic E-state index is 0.0235. The predicted molar refractivity (Wildman–Crippen MR) is 108 cm³/mol. The van der Waals surface area contributed by atoms with Crippen LogP contribution in [0.1, 0.15) is 16.7 Å². The number of fused-ring (bicyclic) bond motifs is 1. The van der Waals surface area contributed by atoms with Gasteiger partial charge in [-0.3, -0.25) is 10.2 Å². The number of hydrogen-bond acceptors (Lipinski definition) is 5. The number of hydrazone groups is 1. The first kappa shape index (κ1) is 17.2. The summed E-state index contributed by atoms with van der Waals surface area (Å²) in [5, 5.41) is 15.5. The van der Waals surface area contributed by atoms with Gasteiger partial charge in [0, 0.05) is 5.56 Å². The number of rotatable bonds is 3. The van der Waals surface area contributed by atoms with Crippen molar-refractivity contribution in [2.45, 2.75) is 6.92 Å². The van der Waals surface area contributed by atoms with Gasteiger partial charge >= 0.3 is 0 Å². The normalized spacial score (nSPS) is 17.7. The van der Waals surface area contributed by atoms with Crippen LogP contribution in [0, 0.1) is 12.3 Å². The number of methoxy groups -OCH3 is 1. The molecule has 2 aliphatic heterocycles. The molecule has 2 aromatic carbocycles. The number of benzene rings is 2. The standard InChI is InChI=1S/C20H16N4O2S/c1-12-3-7-14(8-4-12)19-23-24-17(21)16(18(25)22-20(24)27-19)11-13-5-9-15(26-2)10-6-13/h3-11,21H,1-2H3/b16-11+,21-17?. The number of aryl methyl sites for hydroxylation is 1. The number of carbonyl (C=O) groups is 1. The molecule has 0 fully saturated rings. The smallest absolute Gasteiger partial charge is 0.283 e. The van der Waals surface area contributed by atoms with E-state index in [0.717, 1.165) is 27.5 Å². The Bertz CT molecular complexity index is 1020. The molecule has 0 saturated heterocycles. The number of nitrogens with zero attached hydrogens (tertiary/aromatic N) is 3. The van der Waals surface area contributed by atoms with Gasteiger partial charge in [-0.15, -0.1) is 0 Å². The van der Waals surface area contributed by atoms with Crippen molar-refractivity contribution in [1.82, 2.24) is 5.01 Å². The van der Waals surface area contributed by atoms with Crippen molar-refractivity contribution in [1.29, 1.82) is 5.41 Å². The van der Waals surface area contributed by atoms with Crippen molar-refractivity contribution in [3.8, 4) is 5.75 Å². The van der Waals surface area contributed by atoms with Gasteiger partial charge in [-0.05, 0) is 42.5 Å². The number of nitrogens with one attached hydrogen (secondary N) is 1.